The van der Waals surface area contributed by atoms with E-state index in [9.17, 15) is 4.39 Å². The molecule has 2 aromatic rings. The normalized spacial score (nSPS) is 10.9. The smallest absolute Gasteiger partial charge is 0.132 e. The Morgan fingerprint density at radius 2 is 2.11 bits per heavy atom. The van der Waals surface area contributed by atoms with Gasteiger partial charge < -0.3 is 4.74 Å². The van der Waals surface area contributed by atoms with Crippen molar-refractivity contribution in [3.8, 4) is 5.75 Å². The van der Waals surface area contributed by atoms with Gasteiger partial charge in [0, 0.05) is 12.2 Å². The minimum absolute atomic E-state index is 0.216. The summed E-state index contributed by atoms with van der Waals surface area (Å²) in [6.07, 6.45) is 1.93. The Kier molecular flexibility index (Phi) is 3.65. The van der Waals surface area contributed by atoms with Crippen LogP contribution >= 0.6 is 0 Å². The molecular formula is C14H17FN2O. The van der Waals surface area contributed by atoms with E-state index in [1.807, 2.05) is 16.9 Å². The van der Waals surface area contributed by atoms with E-state index in [4.69, 9.17) is 4.74 Å². The number of hydrogen-bond donors (Lipinski definition) is 0. The summed E-state index contributed by atoms with van der Waals surface area (Å²) in [4.78, 5) is 0. The molecule has 1 heterocycles. The summed E-state index contributed by atoms with van der Waals surface area (Å²) >= 11 is 0. The van der Waals surface area contributed by atoms with Crippen LogP contribution in [0.3, 0.4) is 0 Å². The number of hydrogen-bond acceptors (Lipinski definition) is 2. The molecule has 0 amide bonds. The summed E-state index contributed by atoms with van der Waals surface area (Å²) in [7, 11) is 0. The highest BCUT2D eigenvalue weighted by atomic mass is 19.1. The Balaban J connectivity index is 2.00. The van der Waals surface area contributed by atoms with Gasteiger partial charge in [-0.1, -0.05) is 0 Å². The lowest BCUT2D eigenvalue weighted by Crippen LogP contribution is -2.03. The number of benzene rings is 1. The monoisotopic (exact) mass is 248 g/mol. The van der Waals surface area contributed by atoms with Crippen LogP contribution in [0.25, 0.3) is 0 Å². The van der Waals surface area contributed by atoms with Crippen LogP contribution in [0.2, 0.25) is 0 Å². The summed E-state index contributed by atoms with van der Waals surface area (Å²) in [5.74, 6) is 0.444. The molecule has 2 rings (SSSR count). The van der Waals surface area contributed by atoms with Crippen molar-refractivity contribution >= 4 is 0 Å². The van der Waals surface area contributed by atoms with Crippen LogP contribution in [0, 0.1) is 12.7 Å². The summed E-state index contributed by atoms with van der Waals surface area (Å²) in [5, 5.41) is 4.38. The van der Waals surface area contributed by atoms with Crippen LogP contribution in [0.4, 0.5) is 4.39 Å². The number of rotatable bonds is 4. The molecular weight excluding hydrogens is 231 g/mol. The summed E-state index contributed by atoms with van der Waals surface area (Å²) in [6.45, 7) is 6.25. The first-order chi connectivity index (χ1) is 8.56. The van der Waals surface area contributed by atoms with E-state index in [1.165, 1.54) is 6.07 Å². The Bertz CT molecular complexity index is 534. The van der Waals surface area contributed by atoms with Crippen molar-refractivity contribution < 1.29 is 9.13 Å². The van der Waals surface area contributed by atoms with Crippen LogP contribution in [-0.4, -0.2) is 9.78 Å². The number of aryl methyl sites for hydroxylation is 1. The van der Waals surface area contributed by atoms with Gasteiger partial charge in [0.1, 0.15) is 18.2 Å². The third kappa shape index (κ3) is 2.88. The van der Waals surface area contributed by atoms with E-state index in [-0.39, 0.29) is 5.82 Å². The van der Waals surface area contributed by atoms with E-state index in [2.05, 4.69) is 18.9 Å². The average molecular weight is 248 g/mol. The van der Waals surface area contributed by atoms with E-state index in [1.54, 1.807) is 19.1 Å². The van der Waals surface area contributed by atoms with Crippen LogP contribution in [0.15, 0.2) is 30.5 Å². The van der Waals surface area contributed by atoms with Gasteiger partial charge in [-0.25, -0.2) is 4.39 Å². The highest BCUT2D eigenvalue weighted by Gasteiger charge is 2.04. The maximum atomic E-state index is 13.1. The lowest BCUT2D eigenvalue weighted by atomic mass is 10.2. The fourth-order valence-corrected chi connectivity index (χ4v) is 1.61. The van der Waals surface area contributed by atoms with Gasteiger partial charge in [0.2, 0.25) is 0 Å². The number of aromatic nitrogens is 2. The lowest BCUT2D eigenvalue weighted by Gasteiger charge is -2.06. The largest absolute Gasteiger partial charge is 0.487 e. The maximum absolute atomic E-state index is 13.1. The fourth-order valence-electron chi connectivity index (χ4n) is 1.61. The molecule has 0 saturated heterocycles. The van der Waals surface area contributed by atoms with Gasteiger partial charge in [-0.05, 0) is 50.6 Å². The highest BCUT2D eigenvalue weighted by molar-refractivity contribution is 5.28. The van der Waals surface area contributed by atoms with Gasteiger partial charge in [-0.3, -0.25) is 4.68 Å². The Morgan fingerprint density at radius 1 is 1.33 bits per heavy atom. The van der Waals surface area contributed by atoms with E-state index in [0.29, 0.717) is 24.0 Å². The van der Waals surface area contributed by atoms with Crippen molar-refractivity contribution in [2.24, 2.45) is 0 Å². The molecule has 1 aromatic carbocycles. The number of ether oxygens (including phenoxy) is 1. The maximum Gasteiger partial charge on any atom is 0.132 e. The van der Waals surface area contributed by atoms with E-state index in [0.717, 1.165) is 5.69 Å². The van der Waals surface area contributed by atoms with Crippen LogP contribution in [-0.2, 0) is 6.61 Å². The predicted octanol–water partition coefficient (Wildman–Crippen LogP) is 3.49. The number of nitrogens with zero attached hydrogens (tertiary/aromatic N) is 2. The molecule has 0 saturated carbocycles. The molecule has 0 aliphatic heterocycles. The molecule has 0 radical (unpaired) electrons. The average Bonchev–Trinajstić information content (AvgIpc) is 2.79. The summed E-state index contributed by atoms with van der Waals surface area (Å²) in [6, 6.07) is 7.00. The molecule has 0 N–H and O–H groups in total. The minimum Gasteiger partial charge on any atom is -0.487 e. The molecule has 0 fully saturated rings. The Hall–Kier alpha value is -1.84. The molecule has 1 aromatic heterocycles. The second-order valence-electron chi connectivity index (χ2n) is 4.58. The van der Waals surface area contributed by atoms with Crippen molar-refractivity contribution in [1.82, 2.24) is 9.78 Å². The third-order valence-electron chi connectivity index (χ3n) is 2.71. The Morgan fingerprint density at radius 3 is 2.72 bits per heavy atom. The molecule has 0 unspecified atom stereocenters. The van der Waals surface area contributed by atoms with E-state index < -0.39 is 0 Å². The van der Waals surface area contributed by atoms with Crippen molar-refractivity contribution in [3.63, 3.8) is 0 Å². The summed E-state index contributed by atoms with van der Waals surface area (Å²) < 4.78 is 20.5. The molecule has 0 bridgehead atoms. The van der Waals surface area contributed by atoms with Gasteiger partial charge in [0.15, 0.2) is 0 Å². The molecule has 96 valence electrons. The third-order valence-corrected chi connectivity index (χ3v) is 2.71. The highest BCUT2D eigenvalue weighted by Crippen LogP contribution is 2.17. The summed E-state index contributed by atoms with van der Waals surface area (Å²) in [5.41, 5.74) is 1.45. The van der Waals surface area contributed by atoms with Gasteiger partial charge in [-0.2, -0.15) is 5.10 Å². The zero-order chi connectivity index (χ0) is 13.1. The zero-order valence-corrected chi connectivity index (χ0v) is 10.9. The topological polar surface area (TPSA) is 27.1 Å². The zero-order valence-electron chi connectivity index (χ0n) is 10.9. The number of halogens is 1. The van der Waals surface area contributed by atoms with Gasteiger partial charge >= 0.3 is 0 Å². The second-order valence-corrected chi connectivity index (χ2v) is 4.58. The first-order valence-corrected chi connectivity index (χ1v) is 5.99. The molecule has 0 aliphatic carbocycles. The quantitative estimate of drug-likeness (QED) is 0.828. The van der Waals surface area contributed by atoms with E-state index >= 15 is 0 Å². The van der Waals surface area contributed by atoms with Gasteiger partial charge in [0.25, 0.3) is 0 Å². The molecule has 4 heteroatoms. The molecule has 18 heavy (non-hydrogen) atoms. The van der Waals surface area contributed by atoms with Crippen molar-refractivity contribution in [3.05, 3.63) is 47.5 Å². The van der Waals surface area contributed by atoms with Gasteiger partial charge in [0.05, 0.1) is 5.69 Å². The SMILES string of the molecule is Cc1cc(OCc2ccn(C(C)C)n2)ccc1F. The standard InChI is InChI=1S/C14H17FN2O/c1-10(2)17-7-6-12(16-17)9-18-13-4-5-14(15)11(3)8-13/h4-8,10H,9H2,1-3H3. The van der Waals surface area contributed by atoms with Crippen LogP contribution in [0.1, 0.15) is 31.1 Å². The van der Waals surface area contributed by atoms with Gasteiger partial charge in [-0.15, -0.1) is 0 Å². The Labute approximate surface area is 106 Å². The molecule has 0 aliphatic rings. The second kappa shape index (κ2) is 5.21. The van der Waals surface area contributed by atoms with Crippen LogP contribution < -0.4 is 4.74 Å². The fraction of sp³-hybridized carbons (Fsp3) is 0.357. The van der Waals surface area contributed by atoms with Crippen molar-refractivity contribution in [2.75, 3.05) is 0 Å². The molecule has 0 atom stereocenters. The minimum atomic E-state index is -0.216. The lowest BCUT2D eigenvalue weighted by molar-refractivity contribution is 0.298. The van der Waals surface area contributed by atoms with Crippen molar-refractivity contribution in [2.45, 2.75) is 33.4 Å². The molecule has 0 spiro atoms. The first-order valence-electron chi connectivity index (χ1n) is 5.99. The predicted molar refractivity (Wildman–Crippen MR) is 68.1 cm³/mol. The van der Waals surface area contributed by atoms with Crippen LogP contribution in [0.5, 0.6) is 5.75 Å². The molecule has 3 nitrogen and oxygen atoms in total. The van der Waals surface area contributed by atoms with Crippen molar-refractivity contribution in [1.29, 1.82) is 0 Å². The first kappa shape index (κ1) is 12.6.